The van der Waals surface area contributed by atoms with Gasteiger partial charge in [-0.3, -0.25) is 0 Å². The number of hydrogen-bond acceptors (Lipinski definition) is 6. The summed E-state index contributed by atoms with van der Waals surface area (Å²) in [5, 5.41) is 6.49. The minimum Gasteiger partial charge on any atom is -0.352 e. The number of anilines is 3. The summed E-state index contributed by atoms with van der Waals surface area (Å²) >= 11 is 0. The molecule has 0 saturated carbocycles. The molecule has 0 bridgehead atoms. The van der Waals surface area contributed by atoms with E-state index in [4.69, 9.17) is 0 Å². The average Bonchev–Trinajstić information content (AvgIpc) is 2.47. The van der Waals surface area contributed by atoms with Crippen molar-refractivity contribution < 1.29 is 0 Å². The van der Waals surface area contributed by atoms with Gasteiger partial charge in [0, 0.05) is 11.7 Å². The van der Waals surface area contributed by atoms with Crippen LogP contribution in [0.15, 0.2) is 36.8 Å². The fourth-order valence-electron chi connectivity index (χ4n) is 2.13. The molecule has 1 aromatic carbocycles. The highest BCUT2D eigenvalue weighted by Crippen LogP contribution is 2.22. The zero-order valence-corrected chi connectivity index (χ0v) is 12.8. The molecule has 0 fully saturated rings. The van der Waals surface area contributed by atoms with Crippen LogP contribution in [-0.2, 0) is 0 Å². The monoisotopic (exact) mass is 294 g/mol. The van der Waals surface area contributed by atoms with Crippen LogP contribution in [0, 0.1) is 6.92 Å². The van der Waals surface area contributed by atoms with E-state index >= 15 is 0 Å². The second-order valence-electron chi connectivity index (χ2n) is 5.44. The van der Waals surface area contributed by atoms with Crippen LogP contribution in [-0.4, -0.2) is 26.0 Å². The summed E-state index contributed by atoms with van der Waals surface area (Å²) < 4.78 is 0. The van der Waals surface area contributed by atoms with Crippen molar-refractivity contribution in [3.8, 4) is 0 Å². The molecule has 2 aromatic heterocycles. The van der Waals surface area contributed by atoms with E-state index in [9.17, 15) is 0 Å². The van der Waals surface area contributed by atoms with Crippen molar-refractivity contribution >= 4 is 28.5 Å². The first kappa shape index (κ1) is 14.2. The Morgan fingerprint density at radius 2 is 1.95 bits per heavy atom. The van der Waals surface area contributed by atoms with Gasteiger partial charge in [0.05, 0.1) is 6.20 Å². The molecule has 2 heterocycles. The number of nitrogens with zero attached hydrogens (tertiary/aromatic N) is 4. The highest BCUT2D eigenvalue weighted by molar-refractivity contribution is 5.87. The molecule has 0 aliphatic heterocycles. The Labute approximate surface area is 129 Å². The van der Waals surface area contributed by atoms with Crippen LogP contribution in [0.25, 0.3) is 11.0 Å². The molecule has 0 radical (unpaired) electrons. The number of aromatic nitrogens is 4. The lowest BCUT2D eigenvalue weighted by Crippen LogP contribution is -2.12. The Bertz CT molecular complexity index is 799. The molecule has 2 N–H and O–H groups in total. The summed E-state index contributed by atoms with van der Waals surface area (Å²) in [5.41, 5.74) is 3.55. The molecule has 3 aromatic rings. The van der Waals surface area contributed by atoms with E-state index in [1.165, 1.54) is 11.9 Å². The Morgan fingerprint density at radius 1 is 1.09 bits per heavy atom. The van der Waals surface area contributed by atoms with E-state index in [0.717, 1.165) is 5.69 Å². The number of aryl methyl sites for hydroxylation is 1. The number of hydrogen-bond donors (Lipinski definition) is 2. The Kier molecular flexibility index (Phi) is 3.82. The van der Waals surface area contributed by atoms with Gasteiger partial charge in [-0.15, -0.1) is 0 Å². The smallest absolute Gasteiger partial charge is 0.223 e. The minimum atomic E-state index is 0.260. The van der Waals surface area contributed by atoms with Gasteiger partial charge < -0.3 is 10.6 Å². The van der Waals surface area contributed by atoms with Gasteiger partial charge in [-0.1, -0.05) is 12.1 Å². The van der Waals surface area contributed by atoms with E-state index < -0.39 is 0 Å². The van der Waals surface area contributed by atoms with Crippen LogP contribution in [0.4, 0.5) is 17.5 Å². The van der Waals surface area contributed by atoms with Gasteiger partial charge in [0.15, 0.2) is 5.82 Å². The van der Waals surface area contributed by atoms with Crippen molar-refractivity contribution in [3.05, 3.63) is 42.4 Å². The van der Waals surface area contributed by atoms with E-state index in [2.05, 4.69) is 49.6 Å². The standard InChI is InChI=1S/C16H18N6/c1-10(2)20-16-17-8-13-14(22-16)15(19-9-18-13)21-12-6-4-5-11(3)7-12/h4-10H,1-3H3,(H,17,20,22)(H,18,19,21). The average molecular weight is 294 g/mol. The van der Waals surface area contributed by atoms with Crippen molar-refractivity contribution in [2.45, 2.75) is 26.8 Å². The fraction of sp³-hybridized carbons (Fsp3) is 0.250. The van der Waals surface area contributed by atoms with Crippen LogP contribution >= 0.6 is 0 Å². The third-order valence-corrected chi connectivity index (χ3v) is 3.08. The van der Waals surface area contributed by atoms with Crippen molar-refractivity contribution in [3.63, 3.8) is 0 Å². The lowest BCUT2D eigenvalue weighted by Gasteiger charge is -2.11. The molecule has 0 atom stereocenters. The topological polar surface area (TPSA) is 75.6 Å². The van der Waals surface area contributed by atoms with Crippen molar-refractivity contribution in [2.75, 3.05) is 10.6 Å². The maximum Gasteiger partial charge on any atom is 0.223 e. The first-order valence-corrected chi connectivity index (χ1v) is 7.20. The summed E-state index contributed by atoms with van der Waals surface area (Å²) in [5.74, 6) is 1.24. The molecule has 3 rings (SSSR count). The van der Waals surface area contributed by atoms with Gasteiger partial charge in [-0.25, -0.2) is 19.9 Å². The molecule has 112 valence electrons. The van der Waals surface area contributed by atoms with Gasteiger partial charge in [0.1, 0.15) is 17.4 Å². The first-order valence-electron chi connectivity index (χ1n) is 7.20. The van der Waals surface area contributed by atoms with E-state index in [-0.39, 0.29) is 6.04 Å². The third kappa shape index (κ3) is 3.11. The number of fused-ring (bicyclic) bond motifs is 1. The second-order valence-corrected chi connectivity index (χ2v) is 5.44. The normalized spacial score (nSPS) is 10.9. The summed E-state index contributed by atoms with van der Waals surface area (Å²) in [6, 6.07) is 8.37. The summed E-state index contributed by atoms with van der Waals surface area (Å²) in [6.45, 7) is 6.14. The van der Waals surface area contributed by atoms with E-state index in [1.807, 2.05) is 26.0 Å². The zero-order valence-electron chi connectivity index (χ0n) is 12.8. The molecule has 0 aliphatic rings. The SMILES string of the molecule is Cc1cccc(Nc2ncnc3cnc(NC(C)C)nc23)c1. The van der Waals surface area contributed by atoms with Crippen LogP contribution in [0.2, 0.25) is 0 Å². The molecule has 0 aliphatic carbocycles. The van der Waals surface area contributed by atoms with Crippen LogP contribution in [0.3, 0.4) is 0 Å². The van der Waals surface area contributed by atoms with Crippen molar-refractivity contribution in [1.29, 1.82) is 0 Å². The zero-order chi connectivity index (χ0) is 15.5. The van der Waals surface area contributed by atoms with Crippen molar-refractivity contribution in [1.82, 2.24) is 19.9 Å². The van der Waals surface area contributed by atoms with Gasteiger partial charge in [-0.2, -0.15) is 0 Å². The second kappa shape index (κ2) is 5.93. The molecule has 0 spiro atoms. The van der Waals surface area contributed by atoms with Gasteiger partial charge in [0.2, 0.25) is 5.95 Å². The molecule has 0 amide bonds. The largest absolute Gasteiger partial charge is 0.352 e. The van der Waals surface area contributed by atoms with E-state index in [1.54, 1.807) is 6.20 Å². The Balaban J connectivity index is 2.01. The van der Waals surface area contributed by atoms with Crippen LogP contribution in [0.5, 0.6) is 0 Å². The highest BCUT2D eigenvalue weighted by atomic mass is 15.1. The van der Waals surface area contributed by atoms with Crippen LogP contribution in [0.1, 0.15) is 19.4 Å². The van der Waals surface area contributed by atoms with Gasteiger partial charge >= 0.3 is 0 Å². The lowest BCUT2D eigenvalue weighted by atomic mass is 10.2. The third-order valence-electron chi connectivity index (χ3n) is 3.08. The van der Waals surface area contributed by atoms with E-state index in [0.29, 0.717) is 22.8 Å². The molecule has 6 heteroatoms. The minimum absolute atomic E-state index is 0.260. The lowest BCUT2D eigenvalue weighted by molar-refractivity contribution is 0.877. The maximum absolute atomic E-state index is 4.52. The molecule has 0 saturated heterocycles. The summed E-state index contributed by atoms with van der Waals surface area (Å²) in [4.78, 5) is 17.3. The molecular weight excluding hydrogens is 276 g/mol. The number of benzene rings is 1. The maximum atomic E-state index is 4.52. The van der Waals surface area contributed by atoms with Crippen LogP contribution < -0.4 is 10.6 Å². The molecule has 6 nitrogen and oxygen atoms in total. The number of rotatable bonds is 4. The molecule has 0 unspecified atom stereocenters. The van der Waals surface area contributed by atoms with Gasteiger partial charge in [0.25, 0.3) is 0 Å². The Hall–Kier alpha value is -2.76. The Morgan fingerprint density at radius 3 is 2.73 bits per heavy atom. The van der Waals surface area contributed by atoms with Gasteiger partial charge in [-0.05, 0) is 38.5 Å². The predicted molar refractivity (Wildman–Crippen MR) is 88.3 cm³/mol. The summed E-state index contributed by atoms with van der Waals surface area (Å²) in [7, 11) is 0. The molecule has 22 heavy (non-hydrogen) atoms. The summed E-state index contributed by atoms with van der Waals surface area (Å²) in [6.07, 6.45) is 3.22. The first-order chi connectivity index (χ1) is 10.6. The predicted octanol–water partition coefficient (Wildman–Crippen LogP) is 3.29. The highest BCUT2D eigenvalue weighted by Gasteiger charge is 2.08. The quantitative estimate of drug-likeness (QED) is 0.769. The molecular formula is C16H18N6. The van der Waals surface area contributed by atoms with Crippen molar-refractivity contribution in [2.24, 2.45) is 0 Å². The fourth-order valence-corrected chi connectivity index (χ4v) is 2.13. The number of nitrogens with one attached hydrogen (secondary N) is 2.